The molecule has 0 N–H and O–H groups in total. The van der Waals surface area contributed by atoms with E-state index in [0.717, 1.165) is 0 Å². The fraction of sp³-hybridized carbons (Fsp3) is 0.611. The standard InChI is InChI=1S/C18H25N5O3/c1-12(2)7-22-16(25)14-8-21(15(24)13-5-6-19-11-20-13)9-18(3,4)10-23(14)17(22)26/h5-6,11-12,14H,7-10H2,1-4H3. The Labute approximate surface area is 153 Å². The second-order valence-corrected chi connectivity index (χ2v) is 8.21. The van der Waals surface area contributed by atoms with Crippen LogP contribution in [0.3, 0.4) is 0 Å². The summed E-state index contributed by atoms with van der Waals surface area (Å²) >= 11 is 0. The highest BCUT2D eigenvalue weighted by Gasteiger charge is 2.50. The highest BCUT2D eigenvalue weighted by Crippen LogP contribution is 2.30. The summed E-state index contributed by atoms with van der Waals surface area (Å²) in [6, 6.07) is 0.678. The van der Waals surface area contributed by atoms with E-state index < -0.39 is 6.04 Å². The van der Waals surface area contributed by atoms with E-state index in [1.165, 1.54) is 17.4 Å². The van der Waals surface area contributed by atoms with Crippen molar-refractivity contribution in [3.8, 4) is 0 Å². The fourth-order valence-corrected chi connectivity index (χ4v) is 3.62. The molecule has 140 valence electrons. The summed E-state index contributed by atoms with van der Waals surface area (Å²) in [6.45, 7) is 9.41. The van der Waals surface area contributed by atoms with Crippen molar-refractivity contribution >= 4 is 17.8 Å². The summed E-state index contributed by atoms with van der Waals surface area (Å²) in [6.07, 6.45) is 2.85. The molecule has 1 unspecified atom stereocenters. The van der Waals surface area contributed by atoms with E-state index in [2.05, 4.69) is 9.97 Å². The summed E-state index contributed by atoms with van der Waals surface area (Å²) in [5, 5.41) is 0. The van der Waals surface area contributed by atoms with Gasteiger partial charge < -0.3 is 9.80 Å². The molecule has 0 aromatic carbocycles. The quantitative estimate of drug-likeness (QED) is 0.758. The molecule has 1 aromatic heterocycles. The topological polar surface area (TPSA) is 86.7 Å². The van der Waals surface area contributed by atoms with Crippen LogP contribution in [0.25, 0.3) is 0 Å². The fourth-order valence-electron chi connectivity index (χ4n) is 3.62. The Balaban J connectivity index is 1.89. The van der Waals surface area contributed by atoms with E-state index in [-0.39, 0.29) is 35.7 Å². The number of urea groups is 1. The first kappa shape index (κ1) is 18.3. The van der Waals surface area contributed by atoms with Crippen LogP contribution in [-0.4, -0.2) is 74.7 Å². The Bertz CT molecular complexity index is 719. The Morgan fingerprint density at radius 3 is 2.65 bits per heavy atom. The number of amides is 4. The molecule has 1 aromatic rings. The zero-order valence-electron chi connectivity index (χ0n) is 15.7. The molecule has 0 bridgehead atoms. The molecule has 2 saturated heterocycles. The van der Waals surface area contributed by atoms with E-state index >= 15 is 0 Å². The van der Waals surface area contributed by atoms with Gasteiger partial charge in [-0.3, -0.25) is 14.5 Å². The van der Waals surface area contributed by atoms with Crippen molar-refractivity contribution in [3.05, 3.63) is 24.3 Å². The van der Waals surface area contributed by atoms with Gasteiger partial charge in [-0.1, -0.05) is 27.7 Å². The first-order valence-electron chi connectivity index (χ1n) is 8.87. The molecule has 8 nitrogen and oxygen atoms in total. The Hall–Kier alpha value is -2.51. The maximum absolute atomic E-state index is 12.9. The molecular weight excluding hydrogens is 334 g/mol. The van der Waals surface area contributed by atoms with Gasteiger partial charge in [-0.05, 0) is 12.0 Å². The van der Waals surface area contributed by atoms with Gasteiger partial charge in [-0.25, -0.2) is 14.8 Å². The number of hydrogen-bond donors (Lipinski definition) is 0. The maximum Gasteiger partial charge on any atom is 0.327 e. The molecule has 2 fully saturated rings. The molecule has 26 heavy (non-hydrogen) atoms. The monoisotopic (exact) mass is 359 g/mol. The first-order chi connectivity index (χ1) is 12.2. The number of carbonyl (C=O) groups excluding carboxylic acids is 3. The third kappa shape index (κ3) is 3.40. The highest BCUT2D eigenvalue weighted by molar-refractivity contribution is 6.05. The Morgan fingerprint density at radius 2 is 2.04 bits per heavy atom. The van der Waals surface area contributed by atoms with Crippen molar-refractivity contribution in [3.63, 3.8) is 0 Å². The zero-order valence-corrected chi connectivity index (χ0v) is 15.7. The molecule has 8 heteroatoms. The van der Waals surface area contributed by atoms with Gasteiger partial charge in [0.2, 0.25) is 0 Å². The molecule has 3 heterocycles. The van der Waals surface area contributed by atoms with Crippen molar-refractivity contribution in [2.45, 2.75) is 33.7 Å². The molecule has 3 rings (SSSR count). The Kier molecular flexibility index (Phi) is 4.68. The average Bonchev–Trinajstić information content (AvgIpc) is 2.73. The van der Waals surface area contributed by atoms with Crippen molar-refractivity contribution < 1.29 is 14.4 Å². The predicted octanol–water partition coefficient (Wildman–Crippen LogP) is 1.25. The number of rotatable bonds is 3. The summed E-state index contributed by atoms with van der Waals surface area (Å²) in [4.78, 5) is 51.0. The lowest BCUT2D eigenvalue weighted by molar-refractivity contribution is -0.128. The van der Waals surface area contributed by atoms with Gasteiger partial charge in [-0.2, -0.15) is 0 Å². The lowest BCUT2D eigenvalue weighted by Gasteiger charge is -2.30. The molecule has 2 aliphatic rings. The molecule has 0 saturated carbocycles. The van der Waals surface area contributed by atoms with Crippen LogP contribution >= 0.6 is 0 Å². The molecule has 0 radical (unpaired) electrons. The van der Waals surface area contributed by atoms with E-state index in [9.17, 15) is 14.4 Å². The molecule has 0 spiro atoms. The summed E-state index contributed by atoms with van der Waals surface area (Å²) in [5.41, 5.74) is -0.0404. The SMILES string of the molecule is CC(C)CN1C(=O)C2CN(C(=O)c3ccncn3)CC(C)(C)CN2C1=O. The van der Waals surface area contributed by atoms with Crippen LogP contribution in [0, 0.1) is 11.3 Å². The van der Waals surface area contributed by atoms with Gasteiger partial charge in [0.25, 0.3) is 11.8 Å². The minimum atomic E-state index is -0.631. The first-order valence-corrected chi connectivity index (χ1v) is 8.87. The van der Waals surface area contributed by atoms with E-state index in [1.54, 1.807) is 15.9 Å². The lowest BCUT2D eigenvalue weighted by atomic mass is 9.92. The molecule has 0 aliphatic carbocycles. The van der Waals surface area contributed by atoms with Crippen LogP contribution in [0.1, 0.15) is 38.2 Å². The van der Waals surface area contributed by atoms with Crippen molar-refractivity contribution in [2.24, 2.45) is 11.3 Å². The second kappa shape index (κ2) is 6.66. The average molecular weight is 359 g/mol. The van der Waals surface area contributed by atoms with Gasteiger partial charge in [-0.15, -0.1) is 0 Å². The van der Waals surface area contributed by atoms with Crippen LogP contribution in [-0.2, 0) is 4.79 Å². The van der Waals surface area contributed by atoms with Crippen molar-refractivity contribution in [2.75, 3.05) is 26.2 Å². The van der Waals surface area contributed by atoms with Crippen LogP contribution in [0.2, 0.25) is 0 Å². The summed E-state index contributed by atoms with van der Waals surface area (Å²) < 4.78 is 0. The van der Waals surface area contributed by atoms with Crippen LogP contribution < -0.4 is 0 Å². The second-order valence-electron chi connectivity index (χ2n) is 8.21. The predicted molar refractivity (Wildman–Crippen MR) is 94.2 cm³/mol. The normalized spacial score (nSPS) is 22.7. The third-order valence-corrected chi connectivity index (χ3v) is 4.65. The van der Waals surface area contributed by atoms with Crippen LogP contribution in [0.15, 0.2) is 18.6 Å². The van der Waals surface area contributed by atoms with Crippen molar-refractivity contribution in [1.82, 2.24) is 24.7 Å². The molecule has 1 atom stereocenters. The minimum Gasteiger partial charge on any atom is -0.334 e. The van der Waals surface area contributed by atoms with Crippen molar-refractivity contribution in [1.29, 1.82) is 0 Å². The smallest absolute Gasteiger partial charge is 0.327 e. The molecule has 4 amide bonds. The number of imide groups is 1. The van der Waals surface area contributed by atoms with Crippen LogP contribution in [0.4, 0.5) is 4.79 Å². The summed E-state index contributed by atoms with van der Waals surface area (Å²) in [7, 11) is 0. The van der Waals surface area contributed by atoms with Gasteiger partial charge in [0.05, 0.1) is 6.54 Å². The van der Waals surface area contributed by atoms with Gasteiger partial charge >= 0.3 is 6.03 Å². The Morgan fingerprint density at radius 1 is 1.31 bits per heavy atom. The highest BCUT2D eigenvalue weighted by atomic mass is 16.2. The number of carbonyl (C=O) groups is 3. The van der Waals surface area contributed by atoms with E-state index in [4.69, 9.17) is 0 Å². The van der Waals surface area contributed by atoms with E-state index in [0.29, 0.717) is 25.3 Å². The van der Waals surface area contributed by atoms with Crippen LogP contribution in [0.5, 0.6) is 0 Å². The van der Waals surface area contributed by atoms with Gasteiger partial charge in [0.15, 0.2) is 0 Å². The van der Waals surface area contributed by atoms with E-state index in [1.807, 2.05) is 27.7 Å². The van der Waals surface area contributed by atoms with Gasteiger partial charge in [0, 0.05) is 31.2 Å². The third-order valence-electron chi connectivity index (χ3n) is 4.65. The maximum atomic E-state index is 12.9. The largest absolute Gasteiger partial charge is 0.334 e. The lowest BCUT2D eigenvalue weighted by Crippen LogP contribution is -2.44. The molecule has 2 aliphatic heterocycles. The molecular formula is C18H25N5O3. The minimum absolute atomic E-state index is 0.186. The number of fused-ring (bicyclic) bond motifs is 1. The zero-order chi connectivity index (χ0) is 19.1. The number of nitrogens with zero attached hydrogens (tertiary/aromatic N) is 5. The summed E-state index contributed by atoms with van der Waals surface area (Å²) in [5.74, 6) is -0.273. The number of hydrogen-bond acceptors (Lipinski definition) is 5. The van der Waals surface area contributed by atoms with Gasteiger partial charge in [0.1, 0.15) is 18.1 Å². The number of aromatic nitrogens is 2.